The second kappa shape index (κ2) is 6.11. The maximum atomic E-state index is 12.1. The first-order valence-corrected chi connectivity index (χ1v) is 6.21. The van der Waals surface area contributed by atoms with Crippen LogP contribution in [0, 0.1) is 5.92 Å². The molecule has 3 heteroatoms. The van der Waals surface area contributed by atoms with Crippen LogP contribution < -0.4 is 5.73 Å². The summed E-state index contributed by atoms with van der Waals surface area (Å²) >= 11 is 0. The lowest BCUT2D eigenvalue weighted by molar-refractivity contribution is -0.133. The molecule has 1 rings (SSSR count). The molecule has 1 aliphatic heterocycles. The monoisotopic (exact) mass is 212 g/mol. The molecule has 0 spiro atoms. The van der Waals surface area contributed by atoms with E-state index < -0.39 is 0 Å². The second-order valence-corrected chi connectivity index (χ2v) is 4.65. The molecule has 15 heavy (non-hydrogen) atoms. The van der Waals surface area contributed by atoms with Crippen molar-refractivity contribution in [2.75, 3.05) is 13.1 Å². The zero-order chi connectivity index (χ0) is 11.3. The summed E-state index contributed by atoms with van der Waals surface area (Å²) < 4.78 is 0. The first-order valence-electron chi connectivity index (χ1n) is 6.21. The van der Waals surface area contributed by atoms with Crippen molar-refractivity contribution in [3.63, 3.8) is 0 Å². The van der Waals surface area contributed by atoms with Crippen LogP contribution in [0.25, 0.3) is 0 Å². The van der Waals surface area contributed by atoms with Gasteiger partial charge in [-0.2, -0.15) is 0 Å². The molecule has 0 unspecified atom stereocenters. The molecule has 1 aliphatic rings. The number of amides is 1. The van der Waals surface area contributed by atoms with Crippen molar-refractivity contribution in [1.29, 1.82) is 0 Å². The van der Waals surface area contributed by atoms with E-state index >= 15 is 0 Å². The van der Waals surface area contributed by atoms with Crippen molar-refractivity contribution in [3.8, 4) is 0 Å². The Bertz CT molecular complexity index is 198. The van der Waals surface area contributed by atoms with Crippen molar-refractivity contribution < 1.29 is 4.79 Å². The van der Waals surface area contributed by atoms with Gasteiger partial charge in [-0.05, 0) is 18.8 Å². The highest BCUT2D eigenvalue weighted by Crippen LogP contribution is 2.13. The standard InChI is InChI=1S/C12H24N2O/c1-3-10(2)11(13)12(15)14-8-6-4-5-7-9-14/h10-11H,3-9,13H2,1-2H3/t10-,11-/m1/s1. The Morgan fingerprint density at radius 2 is 1.80 bits per heavy atom. The van der Waals surface area contributed by atoms with E-state index in [9.17, 15) is 4.79 Å². The van der Waals surface area contributed by atoms with Crippen LogP contribution in [-0.2, 0) is 4.79 Å². The highest BCUT2D eigenvalue weighted by atomic mass is 16.2. The van der Waals surface area contributed by atoms with Gasteiger partial charge in [0, 0.05) is 13.1 Å². The molecule has 0 bridgehead atoms. The van der Waals surface area contributed by atoms with Gasteiger partial charge in [-0.1, -0.05) is 33.1 Å². The summed E-state index contributed by atoms with van der Waals surface area (Å²) in [5.41, 5.74) is 5.96. The van der Waals surface area contributed by atoms with Crippen LogP contribution in [0.5, 0.6) is 0 Å². The highest BCUT2D eigenvalue weighted by molar-refractivity contribution is 5.81. The summed E-state index contributed by atoms with van der Waals surface area (Å²) in [5.74, 6) is 0.451. The van der Waals surface area contributed by atoms with E-state index in [4.69, 9.17) is 5.73 Å². The summed E-state index contributed by atoms with van der Waals surface area (Å²) in [7, 11) is 0. The summed E-state index contributed by atoms with van der Waals surface area (Å²) in [6.45, 7) is 5.95. The molecule has 0 aromatic heterocycles. The fourth-order valence-corrected chi connectivity index (χ4v) is 2.00. The predicted octanol–water partition coefficient (Wildman–Crippen LogP) is 1.76. The van der Waals surface area contributed by atoms with E-state index in [2.05, 4.69) is 13.8 Å². The minimum absolute atomic E-state index is 0.159. The molecule has 1 fully saturated rings. The van der Waals surface area contributed by atoms with Crippen LogP contribution in [-0.4, -0.2) is 29.9 Å². The van der Waals surface area contributed by atoms with Gasteiger partial charge < -0.3 is 10.6 Å². The average Bonchev–Trinajstić information content (AvgIpc) is 2.54. The van der Waals surface area contributed by atoms with Gasteiger partial charge in [-0.15, -0.1) is 0 Å². The third kappa shape index (κ3) is 3.49. The van der Waals surface area contributed by atoms with Gasteiger partial charge in [-0.25, -0.2) is 0 Å². The van der Waals surface area contributed by atoms with Gasteiger partial charge in [0.15, 0.2) is 0 Å². The number of nitrogens with two attached hydrogens (primary N) is 1. The zero-order valence-electron chi connectivity index (χ0n) is 10.0. The molecule has 1 heterocycles. The number of nitrogens with zero attached hydrogens (tertiary/aromatic N) is 1. The molecular formula is C12H24N2O. The van der Waals surface area contributed by atoms with Gasteiger partial charge in [0.05, 0.1) is 6.04 Å². The molecule has 88 valence electrons. The van der Waals surface area contributed by atoms with Crippen molar-refractivity contribution in [3.05, 3.63) is 0 Å². The van der Waals surface area contributed by atoms with Gasteiger partial charge in [0.1, 0.15) is 0 Å². The molecule has 0 aromatic carbocycles. The second-order valence-electron chi connectivity index (χ2n) is 4.65. The average molecular weight is 212 g/mol. The summed E-state index contributed by atoms with van der Waals surface area (Å²) in [5, 5.41) is 0. The Balaban J connectivity index is 2.49. The SMILES string of the molecule is CC[C@@H](C)[C@@H](N)C(=O)N1CCCCCC1. The molecule has 1 amide bonds. The van der Waals surface area contributed by atoms with Crippen LogP contribution in [0.3, 0.4) is 0 Å². The van der Waals surface area contributed by atoms with Crippen LogP contribution >= 0.6 is 0 Å². The molecule has 0 aliphatic carbocycles. The Morgan fingerprint density at radius 3 is 2.27 bits per heavy atom. The van der Waals surface area contributed by atoms with Crippen LogP contribution in [0.15, 0.2) is 0 Å². The number of hydrogen-bond donors (Lipinski definition) is 1. The minimum Gasteiger partial charge on any atom is -0.341 e. The lowest BCUT2D eigenvalue weighted by Crippen LogP contribution is -2.47. The molecule has 3 nitrogen and oxygen atoms in total. The summed E-state index contributed by atoms with van der Waals surface area (Å²) in [4.78, 5) is 14.0. The van der Waals surface area contributed by atoms with E-state index in [1.54, 1.807) is 0 Å². The third-order valence-electron chi connectivity index (χ3n) is 3.46. The van der Waals surface area contributed by atoms with Crippen molar-refractivity contribution in [2.24, 2.45) is 11.7 Å². The summed E-state index contributed by atoms with van der Waals surface area (Å²) in [6.07, 6.45) is 5.75. The largest absolute Gasteiger partial charge is 0.341 e. The highest BCUT2D eigenvalue weighted by Gasteiger charge is 2.25. The van der Waals surface area contributed by atoms with Gasteiger partial charge >= 0.3 is 0 Å². The number of likely N-dealkylation sites (tertiary alicyclic amines) is 1. The van der Waals surface area contributed by atoms with E-state index in [-0.39, 0.29) is 11.9 Å². The maximum absolute atomic E-state index is 12.1. The first-order chi connectivity index (χ1) is 7.16. The predicted molar refractivity (Wildman–Crippen MR) is 62.5 cm³/mol. The summed E-state index contributed by atoms with van der Waals surface area (Å²) in [6, 6.07) is -0.298. The molecule has 2 atom stereocenters. The fourth-order valence-electron chi connectivity index (χ4n) is 2.00. The number of carbonyl (C=O) groups is 1. The fraction of sp³-hybridized carbons (Fsp3) is 0.917. The Labute approximate surface area is 93.0 Å². The normalized spacial score (nSPS) is 21.9. The van der Waals surface area contributed by atoms with Crippen molar-refractivity contribution in [2.45, 2.75) is 52.0 Å². The third-order valence-corrected chi connectivity index (χ3v) is 3.46. The van der Waals surface area contributed by atoms with Gasteiger partial charge in [0.25, 0.3) is 0 Å². The molecule has 2 N–H and O–H groups in total. The molecule has 1 saturated heterocycles. The molecule has 0 saturated carbocycles. The van der Waals surface area contributed by atoms with E-state index in [1.165, 1.54) is 12.8 Å². The number of hydrogen-bond acceptors (Lipinski definition) is 2. The number of rotatable bonds is 3. The van der Waals surface area contributed by atoms with Crippen molar-refractivity contribution in [1.82, 2.24) is 4.90 Å². The topological polar surface area (TPSA) is 46.3 Å². The van der Waals surface area contributed by atoms with Crippen LogP contribution in [0.2, 0.25) is 0 Å². The lowest BCUT2D eigenvalue weighted by Gasteiger charge is -2.26. The molecule has 0 aromatic rings. The zero-order valence-corrected chi connectivity index (χ0v) is 10.0. The van der Waals surface area contributed by atoms with E-state index in [0.717, 1.165) is 32.4 Å². The van der Waals surface area contributed by atoms with E-state index in [1.807, 2.05) is 4.90 Å². The molecular weight excluding hydrogens is 188 g/mol. The van der Waals surface area contributed by atoms with Crippen LogP contribution in [0.1, 0.15) is 46.0 Å². The Kier molecular flexibility index (Phi) is 5.09. The first kappa shape index (κ1) is 12.5. The van der Waals surface area contributed by atoms with Crippen molar-refractivity contribution >= 4 is 5.91 Å². The van der Waals surface area contributed by atoms with Crippen LogP contribution in [0.4, 0.5) is 0 Å². The molecule has 0 radical (unpaired) electrons. The minimum atomic E-state index is -0.298. The van der Waals surface area contributed by atoms with Gasteiger partial charge in [0.2, 0.25) is 5.91 Å². The Morgan fingerprint density at radius 1 is 1.27 bits per heavy atom. The maximum Gasteiger partial charge on any atom is 0.239 e. The lowest BCUT2D eigenvalue weighted by atomic mass is 9.99. The quantitative estimate of drug-likeness (QED) is 0.775. The smallest absolute Gasteiger partial charge is 0.239 e. The Hall–Kier alpha value is -0.570. The van der Waals surface area contributed by atoms with Gasteiger partial charge in [-0.3, -0.25) is 4.79 Å². The number of carbonyl (C=O) groups excluding carboxylic acids is 1. The van der Waals surface area contributed by atoms with E-state index in [0.29, 0.717) is 5.92 Å².